The van der Waals surface area contributed by atoms with Crippen LogP contribution >= 0.6 is 24.0 Å². The zero-order chi connectivity index (χ0) is 23.0. The van der Waals surface area contributed by atoms with Gasteiger partial charge in [-0.15, -0.1) is 24.0 Å². The highest BCUT2D eigenvalue weighted by atomic mass is 127. The van der Waals surface area contributed by atoms with E-state index < -0.39 is 11.7 Å². The normalized spacial score (nSPS) is 12.4. The third-order valence-electron chi connectivity index (χ3n) is 3.97. The number of nitrogens with zero attached hydrogens (tertiary/aromatic N) is 2. The standard InChI is InChI=1S/C21H43N5O4.HI/c1-8-10-12-17(15-24-20(28)30-21(3,4)5)25-19(22-13-11-14-29-9-2)23-16-18(27)26(6)7;/h17H,8-16H2,1-7H3,(H,24,28)(H2,22,23,25);1H. The fourth-order valence-corrected chi connectivity index (χ4v) is 2.36. The van der Waals surface area contributed by atoms with Crippen LogP contribution in [0.25, 0.3) is 0 Å². The summed E-state index contributed by atoms with van der Waals surface area (Å²) in [6.07, 6.45) is 3.27. The van der Waals surface area contributed by atoms with Gasteiger partial charge in [-0.2, -0.15) is 0 Å². The first-order valence-corrected chi connectivity index (χ1v) is 10.9. The monoisotopic (exact) mass is 557 g/mol. The summed E-state index contributed by atoms with van der Waals surface area (Å²) < 4.78 is 10.7. The number of hydrogen-bond acceptors (Lipinski definition) is 5. The van der Waals surface area contributed by atoms with Gasteiger partial charge in [0.2, 0.25) is 5.91 Å². The van der Waals surface area contributed by atoms with Crippen molar-refractivity contribution >= 4 is 41.9 Å². The van der Waals surface area contributed by atoms with Gasteiger partial charge < -0.3 is 30.3 Å². The Morgan fingerprint density at radius 1 is 1.10 bits per heavy atom. The molecule has 10 heteroatoms. The van der Waals surface area contributed by atoms with Crippen LogP contribution in [0.5, 0.6) is 0 Å². The number of hydrogen-bond donors (Lipinski definition) is 3. The topological polar surface area (TPSA) is 104 Å². The molecule has 0 rings (SSSR count). The van der Waals surface area contributed by atoms with E-state index in [2.05, 4.69) is 27.9 Å². The van der Waals surface area contributed by atoms with Crippen LogP contribution in [0.15, 0.2) is 4.99 Å². The number of nitrogens with one attached hydrogen (secondary N) is 3. The molecule has 0 fully saturated rings. The molecule has 0 saturated carbocycles. The van der Waals surface area contributed by atoms with Crippen molar-refractivity contribution in [2.75, 3.05) is 46.9 Å². The Morgan fingerprint density at radius 3 is 2.32 bits per heavy atom. The summed E-state index contributed by atoms with van der Waals surface area (Å²) in [6.45, 7) is 12.0. The molecule has 0 saturated heterocycles. The first-order valence-electron chi connectivity index (χ1n) is 10.9. The molecule has 0 aromatic carbocycles. The summed E-state index contributed by atoms with van der Waals surface area (Å²) in [5, 5.41) is 9.42. The number of carbonyl (C=O) groups excluding carboxylic acids is 2. The summed E-state index contributed by atoms with van der Waals surface area (Å²) in [7, 11) is 3.41. The highest BCUT2D eigenvalue weighted by Gasteiger charge is 2.18. The number of aliphatic imine (C=N–C) groups is 1. The molecule has 0 heterocycles. The average Bonchev–Trinajstić information content (AvgIpc) is 2.65. The molecule has 1 unspecified atom stereocenters. The lowest BCUT2D eigenvalue weighted by atomic mass is 10.1. The molecule has 0 spiro atoms. The molecule has 1 atom stereocenters. The van der Waals surface area contributed by atoms with Gasteiger partial charge in [-0.3, -0.25) is 4.79 Å². The maximum absolute atomic E-state index is 12.0. The van der Waals surface area contributed by atoms with E-state index in [1.54, 1.807) is 14.1 Å². The lowest BCUT2D eigenvalue weighted by Crippen LogP contribution is -2.49. The largest absolute Gasteiger partial charge is 0.444 e. The number of alkyl carbamates (subject to hydrolysis) is 1. The minimum atomic E-state index is -0.544. The van der Waals surface area contributed by atoms with E-state index in [4.69, 9.17) is 9.47 Å². The van der Waals surface area contributed by atoms with E-state index in [0.29, 0.717) is 32.3 Å². The highest BCUT2D eigenvalue weighted by molar-refractivity contribution is 14.0. The molecule has 0 aliphatic carbocycles. The van der Waals surface area contributed by atoms with Gasteiger partial charge in [0.25, 0.3) is 0 Å². The second kappa shape index (κ2) is 18.3. The number of halogens is 1. The number of ether oxygens (including phenoxy) is 2. The van der Waals surface area contributed by atoms with E-state index in [9.17, 15) is 9.59 Å². The molecule has 2 amide bonds. The number of carbonyl (C=O) groups is 2. The maximum atomic E-state index is 12.0. The van der Waals surface area contributed by atoms with E-state index in [0.717, 1.165) is 25.7 Å². The molecule has 0 aliphatic rings. The first-order chi connectivity index (χ1) is 14.1. The van der Waals surface area contributed by atoms with E-state index in [1.807, 2.05) is 27.7 Å². The van der Waals surface area contributed by atoms with E-state index in [1.165, 1.54) is 4.90 Å². The van der Waals surface area contributed by atoms with Gasteiger partial charge in [0.15, 0.2) is 5.96 Å². The van der Waals surface area contributed by atoms with Crippen molar-refractivity contribution in [1.82, 2.24) is 20.9 Å². The van der Waals surface area contributed by atoms with Gasteiger partial charge in [0.05, 0.1) is 0 Å². The van der Waals surface area contributed by atoms with Crippen LogP contribution in [0.1, 0.15) is 60.3 Å². The van der Waals surface area contributed by atoms with Gasteiger partial charge in [-0.25, -0.2) is 9.79 Å². The Morgan fingerprint density at radius 2 is 1.77 bits per heavy atom. The quantitative estimate of drug-likeness (QED) is 0.139. The molecule has 3 N–H and O–H groups in total. The van der Waals surface area contributed by atoms with Crippen molar-refractivity contribution in [2.45, 2.75) is 71.9 Å². The minimum absolute atomic E-state index is 0. The second-order valence-corrected chi connectivity index (χ2v) is 8.30. The van der Waals surface area contributed by atoms with Crippen LogP contribution in [-0.2, 0) is 14.3 Å². The van der Waals surface area contributed by atoms with Crippen LogP contribution in [-0.4, -0.2) is 81.4 Å². The summed E-state index contributed by atoms with van der Waals surface area (Å²) in [4.78, 5) is 29.9. The number of rotatable bonds is 13. The molecule has 0 aliphatic heterocycles. The van der Waals surface area contributed by atoms with Crippen LogP contribution < -0.4 is 16.0 Å². The van der Waals surface area contributed by atoms with Gasteiger partial charge in [-0.1, -0.05) is 19.8 Å². The molecule has 184 valence electrons. The van der Waals surface area contributed by atoms with Crippen molar-refractivity contribution in [3.63, 3.8) is 0 Å². The van der Waals surface area contributed by atoms with Crippen molar-refractivity contribution in [3.8, 4) is 0 Å². The lowest BCUT2D eigenvalue weighted by Gasteiger charge is -2.24. The van der Waals surface area contributed by atoms with Crippen LogP contribution in [0.4, 0.5) is 4.79 Å². The van der Waals surface area contributed by atoms with Crippen molar-refractivity contribution in [3.05, 3.63) is 0 Å². The van der Waals surface area contributed by atoms with E-state index in [-0.39, 0.29) is 42.5 Å². The van der Waals surface area contributed by atoms with Gasteiger partial charge in [0.1, 0.15) is 12.1 Å². The first kappa shape index (κ1) is 31.9. The predicted octanol–water partition coefficient (Wildman–Crippen LogP) is 2.74. The number of amides is 2. The third-order valence-corrected chi connectivity index (χ3v) is 3.97. The Balaban J connectivity index is 0. The summed E-state index contributed by atoms with van der Waals surface area (Å²) in [5.41, 5.74) is -0.544. The fourth-order valence-electron chi connectivity index (χ4n) is 2.36. The zero-order valence-corrected chi connectivity index (χ0v) is 22.7. The van der Waals surface area contributed by atoms with Gasteiger partial charge in [0, 0.05) is 46.4 Å². The van der Waals surface area contributed by atoms with Gasteiger partial charge in [-0.05, 0) is 40.5 Å². The number of likely N-dealkylation sites (N-methyl/N-ethyl adjacent to an activating group) is 1. The van der Waals surface area contributed by atoms with E-state index >= 15 is 0 Å². The molecule has 0 radical (unpaired) electrons. The summed E-state index contributed by atoms with van der Waals surface area (Å²) in [5.74, 6) is 0.469. The Labute approximate surface area is 205 Å². The molecule has 31 heavy (non-hydrogen) atoms. The fraction of sp³-hybridized carbons (Fsp3) is 0.857. The number of guanidine groups is 1. The Bertz CT molecular complexity index is 524. The molecule has 0 aromatic heterocycles. The smallest absolute Gasteiger partial charge is 0.407 e. The molecular formula is C21H44IN5O4. The van der Waals surface area contributed by atoms with Crippen LogP contribution in [0, 0.1) is 0 Å². The molecular weight excluding hydrogens is 513 g/mol. The van der Waals surface area contributed by atoms with Crippen molar-refractivity contribution in [2.24, 2.45) is 4.99 Å². The SMILES string of the molecule is CCCCC(CNC(=O)OC(C)(C)C)NC(=NCC(=O)N(C)C)NCCCOCC.I. The van der Waals surface area contributed by atoms with Gasteiger partial charge >= 0.3 is 6.09 Å². The average molecular weight is 558 g/mol. The number of unbranched alkanes of at least 4 members (excludes halogenated alkanes) is 1. The van der Waals surface area contributed by atoms with Crippen molar-refractivity contribution in [1.29, 1.82) is 0 Å². The zero-order valence-electron chi connectivity index (χ0n) is 20.4. The Hall–Kier alpha value is -1.30. The lowest BCUT2D eigenvalue weighted by molar-refractivity contribution is -0.127. The van der Waals surface area contributed by atoms with Crippen molar-refractivity contribution < 1.29 is 19.1 Å². The maximum Gasteiger partial charge on any atom is 0.407 e. The summed E-state index contributed by atoms with van der Waals surface area (Å²) >= 11 is 0. The summed E-state index contributed by atoms with van der Waals surface area (Å²) in [6, 6.07) is -0.0370. The highest BCUT2D eigenvalue weighted by Crippen LogP contribution is 2.07. The Kier molecular flexibility index (Phi) is 18.8. The minimum Gasteiger partial charge on any atom is -0.444 e. The predicted molar refractivity (Wildman–Crippen MR) is 136 cm³/mol. The van der Waals surface area contributed by atoms with Crippen LogP contribution in [0.3, 0.4) is 0 Å². The second-order valence-electron chi connectivity index (χ2n) is 8.30. The molecule has 9 nitrogen and oxygen atoms in total. The van der Waals surface area contributed by atoms with Crippen LogP contribution in [0.2, 0.25) is 0 Å². The third kappa shape index (κ3) is 19.1. The molecule has 0 bridgehead atoms. The molecule has 0 aromatic rings.